The van der Waals surface area contributed by atoms with E-state index in [1.807, 2.05) is 0 Å². The van der Waals surface area contributed by atoms with Gasteiger partial charge in [0, 0.05) is 0 Å². The molecule has 0 spiro atoms. The summed E-state index contributed by atoms with van der Waals surface area (Å²) in [7, 11) is 0. The van der Waals surface area contributed by atoms with Crippen LogP contribution in [0.2, 0.25) is 0 Å². The summed E-state index contributed by atoms with van der Waals surface area (Å²) in [6.45, 7) is 6.70. The van der Waals surface area contributed by atoms with Crippen molar-refractivity contribution >= 4 is 0 Å². The molecule has 0 rings (SSSR count). The summed E-state index contributed by atoms with van der Waals surface area (Å²) >= 11 is 0. The molecule has 0 nitrogen and oxygen atoms in total. The molecule has 0 saturated heterocycles. The van der Waals surface area contributed by atoms with E-state index in [4.69, 9.17) is 0 Å². The number of allylic oxidation sites excluding steroid dienone is 2. The molecule has 0 heteroatoms. The van der Waals surface area contributed by atoms with Crippen molar-refractivity contribution in [1.82, 2.24) is 0 Å². The molecule has 0 bridgehead atoms. The van der Waals surface area contributed by atoms with Gasteiger partial charge in [-0.05, 0) is 25.2 Å². The van der Waals surface area contributed by atoms with E-state index >= 15 is 0 Å². The molecule has 0 aromatic rings. The van der Waals surface area contributed by atoms with Gasteiger partial charge in [0.25, 0.3) is 0 Å². The molecular formula is C9H18. The molecule has 0 fully saturated rings. The highest BCUT2D eigenvalue weighted by atomic mass is 13.9. The summed E-state index contributed by atoms with van der Waals surface area (Å²) in [5, 5.41) is 0. The lowest BCUT2D eigenvalue weighted by Gasteiger charge is -1.97. The highest BCUT2D eigenvalue weighted by molar-refractivity contribution is 4.79. The van der Waals surface area contributed by atoms with Gasteiger partial charge in [0.1, 0.15) is 0 Å². The van der Waals surface area contributed by atoms with E-state index in [-0.39, 0.29) is 0 Å². The van der Waals surface area contributed by atoms with E-state index < -0.39 is 0 Å². The fraction of sp³-hybridized carbons (Fsp3) is 0.778. The van der Waals surface area contributed by atoms with Gasteiger partial charge < -0.3 is 0 Å². The SMILES string of the molecule is CC/C=C\CCC(C)C. The van der Waals surface area contributed by atoms with Gasteiger partial charge in [-0.15, -0.1) is 0 Å². The van der Waals surface area contributed by atoms with Crippen molar-refractivity contribution in [3.8, 4) is 0 Å². The van der Waals surface area contributed by atoms with Gasteiger partial charge in [0.15, 0.2) is 0 Å². The highest BCUT2D eigenvalue weighted by Gasteiger charge is 1.88. The second-order valence-corrected chi connectivity index (χ2v) is 2.85. The molecule has 0 radical (unpaired) electrons. The van der Waals surface area contributed by atoms with E-state index in [9.17, 15) is 0 Å². The van der Waals surface area contributed by atoms with Crippen LogP contribution in [-0.4, -0.2) is 0 Å². The van der Waals surface area contributed by atoms with Gasteiger partial charge in [-0.2, -0.15) is 0 Å². The van der Waals surface area contributed by atoms with Crippen molar-refractivity contribution in [2.24, 2.45) is 5.92 Å². The van der Waals surface area contributed by atoms with Crippen molar-refractivity contribution in [2.45, 2.75) is 40.0 Å². The Morgan fingerprint density at radius 3 is 2.33 bits per heavy atom. The lowest BCUT2D eigenvalue weighted by Crippen LogP contribution is -1.83. The van der Waals surface area contributed by atoms with Crippen LogP contribution in [0.4, 0.5) is 0 Å². The van der Waals surface area contributed by atoms with Crippen LogP contribution in [-0.2, 0) is 0 Å². The molecular weight excluding hydrogens is 108 g/mol. The molecule has 0 aromatic heterocycles. The first-order chi connectivity index (χ1) is 4.27. The molecule has 0 amide bonds. The van der Waals surface area contributed by atoms with Crippen LogP contribution < -0.4 is 0 Å². The average molecular weight is 126 g/mol. The molecule has 54 valence electrons. The van der Waals surface area contributed by atoms with Crippen molar-refractivity contribution in [1.29, 1.82) is 0 Å². The number of rotatable bonds is 4. The maximum Gasteiger partial charge on any atom is -0.0348 e. The van der Waals surface area contributed by atoms with Crippen LogP contribution in [0.1, 0.15) is 40.0 Å². The van der Waals surface area contributed by atoms with Crippen molar-refractivity contribution in [2.75, 3.05) is 0 Å². The fourth-order valence-electron chi connectivity index (χ4n) is 0.714. The smallest absolute Gasteiger partial charge is 0.0348 e. The molecule has 0 N–H and O–H groups in total. The van der Waals surface area contributed by atoms with Gasteiger partial charge in [0.05, 0.1) is 0 Å². The van der Waals surface area contributed by atoms with E-state index in [1.165, 1.54) is 19.3 Å². The quantitative estimate of drug-likeness (QED) is 0.506. The van der Waals surface area contributed by atoms with Crippen LogP contribution in [0.3, 0.4) is 0 Å². The summed E-state index contributed by atoms with van der Waals surface area (Å²) < 4.78 is 0. The Morgan fingerprint density at radius 2 is 1.89 bits per heavy atom. The molecule has 9 heavy (non-hydrogen) atoms. The standard InChI is InChI=1S/C9H18/c1-4-5-6-7-8-9(2)3/h5-6,9H,4,7-8H2,1-3H3/b6-5-. The van der Waals surface area contributed by atoms with E-state index in [1.54, 1.807) is 0 Å². The first kappa shape index (κ1) is 8.74. The normalized spacial score (nSPS) is 11.6. The van der Waals surface area contributed by atoms with E-state index in [0.717, 1.165) is 5.92 Å². The summed E-state index contributed by atoms with van der Waals surface area (Å²) in [6, 6.07) is 0. The maximum absolute atomic E-state index is 2.28. The summed E-state index contributed by atoms with van der Waals surface area (Å²) in [6.07, 6.45) is 8.28. The lowest BCUT2D eigenvalue weighted by molar-refractivity contribution is 0.594. The minimum Gasteiger partial charge on any atom is -0.0888 e. The van der Waals surface area contributed by atoms with Gasteiger partial charge in [0.2, 0.25) is 0 Å². The van der Waals surface area contributed by atoms with E-state index in [0.29, 0.717) is 0 Å². The Morgan fingerprint density at radius 1 is 1.22 bits per heavy atom. The summed E-state index contributed by atoms with van der Waals surface area (Å²) in [5.41, 5.74) is 0. The lowest BCUT2D eigenvalue weighted by atomic mass is 10.1. The zero-order valence-corrected chi connectivity index (χ0v) is 6.85. The average Bonchev–Trinajstić information content (AvgIpc) is 1.80. The van der Waals surface area contributed by atoms with Crippen molar-refractivity contribution < 1.29 is 0 Å². The molecule has 0 heterocycles. The van der Waals surface area contributed by atoms with Gasteiger partial charge in [-0.25, -0.2) is 0 Å². The van der Waals surface area contributed by atoms with Crippen LogP contribution >= 0.6 is 0 Å². The van der Waals surface area contributed by atoms with Gasteiger partial charge in [-0.1, -0.05) is 32.9 Å². The maximum atomic E-state index is 2.28. The third kappa shape index (κ3) is 7.74. The van der Waals surface area contributed by atoms with Crippen LogP contribution in [0.15, 0.2) is 12.2 Å². The predicted octanol–water partition coefficient (Wildman–Crippen LogP) is 3.39. The second kappa shape index (κ2) is 5.87. The van der Waals surface area contributed by atoms with Gasteiger partial charge >= 0.3 is 0 Å². The Kier molecular flexibility index (Phi) is 5.70. The first-order valence-electron chi connectivity index (χ1n) is 3.92. The topological polar surface area (TPSA) is 0 Å². The zero-order valence-electron chi connectivity index (χ0n) is 6.85. The van der Waals surface area contributed by atoms with Crippen molar-refractivity contribution in [3.05, 3.63) is 12.2 Å². The molecule has 0 aliphatic carbocycles. The zero-order chi connectivity index (χ0) is 7.11. The largest absolute Gasteiger partial charge is 0.0888 e. The van der Waals surface area contributed by atoms with Crippen molar-refractivity contribution in [3.63, 3.8) is 0 Å². The fourth-order valence-corrected chi connectivity index (χ4v) is 0.714. The Bertz CT molecular complexity index is 70.1. The molecule has 0 saturated carbocycles. The monoisotopic (exact) mass is 126 g/mol. The third-order valence-corrected chi connectivity index (χ3v) is 1.31. The first-order valence-corrected chi connectivity index (χ1v) is 3.92. The molecule has 0 aliphatic rings. The summed E-state index contributed by atoms with van der Waals surface area (Å²) in [5.74, 6) is 0.853. The number of hydrogen-bond acceptors (Lipinski definition) is 0. The second-order valence-electron chi connectivity index (χ2n) is 2.85. The van der Waals surface area contributed by atoms with Crippen LogP contribution in [0.25, 0.3) is 0 Å². The molecule has 0 aromatic carbocycles. The van der Waals surface area contributed by atoms with Crippen LogP contribution in [0.5, 0.6) is 0 Å². The Balaban J connectivity index is 2.99. The molecule has 0 aliphatic heterocycles. The van der Waals surface area contributed by atoms with Crippen LogP contribution in [0, 0.1) is 5.92 Å². The van der Waals surface area contributed by atoms with E-state index in [2.05, 4.69) is 32.9 Å². The molecule has 0 atom stereocenters. The number of hydrogen-bond donors (Lipinski definition) is 0. The molecule has 0 unspecified atom stereocenters. The highest BCUT2D eigenvalue weighted by Crippen LogP contribution is 2.03. The summed E-state index contributed by atoms with van der Waals surface area (Å²) in [4.78, 5) is 0. The Hall–Kier alpha value is -0.260. The third-order valence-electron chi connectivity index (χ3n) is 1.31. The van der Waals surface area contributed by atoms with Gasteiger partial charge in [-0.3, -0.25) is 0 Å². The Labute approximate surface area is 59.0 Å². The minimum atomic E-state index is 0.853. The minimum absolute atomic E-state index is 0.853. The predicted molar refractivity (Wildman–Crippen MR) is 43.5 cm³/mol.